The number of hydrogen-bond acceptors (Lipinski definition) is 5. The predicted octanol–water partition coefficient (Wildman–Crippen LogP) is 2.20. The van der Waals surface area contributed by atoms with Gasteiger partial charge in [-0.05, 0) is 29.1 Å². The van der Waals surface area contributed by atoms with Crippen LogP contribution in [0.15, 0.2) is 41.8 Å². The monoisotopic (exact) mass is 360 g/mol. The van der Waals surface area contributed by atoms with E-state index in [0.29, 0.717) is 18.7 Å². The second kappa shape index (κ2) is 8.98. The van der Waals surface area contributed by atoms with E-state index in [2.05, 4.69) is 5.32 Å². The Labute approximate surface area is 150 Å². The fourth-order valence-corrected chi connectivity index (χ4v) is 2.79. The molecular weight excluding hydrogens is 340 g/mol. The van der Waals surface area contributed by atoms with Gasteiger partial charge >= 0.3 is 5.97 Å². The molecule has 0 radical (unpaired) electrons. The second-order valence-electron chi connectivity index (χ2n) is 5.51. The summed E-state index contributed by atoms with van der Waals surface area (Å²) in [6, 6.07) is 10.6. The molecule has 0 fully saturated rings. The minimum absolute atomic E-state index is 0.117. The fourth-order valence-electron chi connectivity index (χ4n) is 2.03. The molecule has 0 saturated heterocycles. The van der Waals surface area contributed by atoms with E-state index in [9.17, 15) is 14.4 Å². The topological polar surface area (TPSA) is 75.7 Å². The number of benzene rings is 1. The zero-order valence-electron chi connectivity index (χ0n) is 14.2. The number of hydrogen-bond donors (Lipinski definition) is 1. The summed E-state index contributed by atoms with van der Waals surface area (Å²) in [5, 5.41) is 4.62. The van der Waals surface area contributed by atoms with E-state index in [-0.39, 0.29) is 18.4 Å². The summed E-state index contributed by atoms with van der Waals surface area (Å²) in [5.41, 5.74) is 1.23. The molecule has 2 rings (SSSR count). The summed E-state index contributed by atoms with van der Waals surface area (Å²) < 4.78 is 5.07. The van der Waals surface area contributed by atoms with Crippen LogP contribution in [-0.4, -0.2) is 36.3 Å². The SMILES string of the molecule is CC(=O)NCc1ccc(C(=O)OCC(=O)N(C)Cc2cccs2)cc1. The van der Waals surface area contributed by atoms with E-state index in [1.807, 2.05) is 17.5 Å². The van der Waals surface area contributed by atoms with Crippen LogP contribution in [0.2, 0.25) is 0 Å². The minimum Gasteiger partial charge on any atom is -0.452 e. The van der Waals surface area contributed by atoms with Crippen LogP contribution < -0.4 is 5.32 Å². The van der Waals surface area contributed by atoms with Crippen molar-refractivity contribution in [3.63, 3.8) is 0 Å². The lowest BCUT2D eigenvalue weighted by Gasteiger charge is -2.16. The summed E-state index contributed by atoms with van der Waals surface area (Å²) in [5.74, 6) is -0.929. The van der Waals surface area contributed by atoms with Crippen molar-refractivity contribution in [2.24, 2.45) is 0 Å². The van der Waals surface area contributed by atoms with Gasteiger partial charge in [-0.25, -0.2) is 4.79 Å². The molecule has 1 heterocycles. The first-order chi connectivity index (χ1) is 12.0. The molecule has 2 aromatic rings. The van der Waals surface area contributed by atoms with Gasteiger partial charge in [-0.15, -0.1) is 11.3 Å². The third kappa shape index (κ3) is 6.04. The zero-order chi connectivity index (χ0) is 18.2. The van der Waals surface area contributed by atoms with Crippen LogP contribution in [0.5, 0.6) is 0 Å². The predicted molar refractivity (Wildman–Crippen MR) is 95.0 cm³/mol. The van der Waals surface area contributed by atoms with Gasteiger partial charge in [-0.1, -0.05) is 18.2 Å². The first-order valence-corrected chi connectivity index (χ1v) is 8.60. The Balaban J connectivity index is 1.80. The molecule has 0 unspecified atom stereocenters. The van der Waals surface area contributed by atoms with E-state index >= 15 is 0 Å². The standard InChI is InChI=1S/C18H20N2O4S/c1-13(21)19-10-14-5-7-15(8-6-14)18(23)24-12-17(22)20(2)11-16-4-3-9-25-16/h3-9H,10-12H2,1-2H3,(H,19,21). The van der Waals surface area contributed by atoms with E-state index in [0.717, 1.165) is 10.4 Å². The smallest absolute Gasteiger partial charge is 0.338 e. The Kier molecular flexibility index (Phi) is 6.71. The number of amides is 2. The highest BCUT2D eigenvalue weighted by Crippen LogP contribution is 2.11. The van der Waals surface area contributed by atoms with E-state index in [1.54, 1.807) is 42.6 Å². The van der Waals surface area contributed by atoms with E-state index in [1.165, 1.54) is 11.8 Å². The summed E-state index contributed by atoms with van der Waals surface area (Å²) in [6.07, 6.45) is 0. The molecule has 7 heteroatoms. The van der Waals surface area contributed by atoms with Gasteiger partial charge in [-0.2, -0.15) is 0 Å². The molecule has 6 nitrogen and oxygen atoms in total. The number of esters is 1. The van der Waals surface area contributed by atoms with Crippen molar-refractivity contribution in [1.82, 2.24) is 10.2 Å². The fraction of sp³-hybridized carbons (Fsp3) is 0.278. The molecule has 1 aromatic carbocycles. The highest BCUT2D eigenvalue weighted by Gasteiger charge is 2.14. The summed E-state index contributed by atoms with van der Waals surface area (Å²) in [4.78, 5) is 37.5. The molecule has 0 saturated carbocycles. The number of rotatable bonds is 7. The largest absolute Gasteiger partial charge is 0.452 e. The molecule has 0 aliphatic heterocycles. The number of nitrogens with one attached hydrogen (secondary N) is 1. The van der Waals surface area contributed by atoms with Gasteiger partial charge in [0.1, 0.15) is 0 Å². The number of carbonyl (C=O) groups excluding carboxylic acids is 3. The number of carbonyl (C=O) groups is 3. The maximum atomic E-state index is 12.0. The van der Waals surface area contributed by atoms with Crippen LogP contribution in [0.25, 0.3) is 0 Å². The van der Waals surface area contributed by atoms with Crippen molar-refractivity contribution in [3.05, 3.63) is 57.8 Å². The third-order valence-electron chi connectivity index (χ3n) is 3.46. The Hall–Kier alpha value is -2.67. The Bertz CT molecular complexity index is 726. The van der Waals surface area contributed by atoms with Crippen LogP contribution in [0, 0.1) is 0 Å². The number of likely N-dealkylation sites (N-methyl/N-ethyl adjacent to an activating group) is 1. The normalized spacial score (nSPS) is 10.2. The van der Waals surface area contributed by atoms with Crippen molar-refractivity contribution in [3.8, 4) is 0 Å². The Morgan fingerprint density at radius 1 is 1.16 bits per heavy atom. The molecule has 0 aliphatic rings. The first kappa shape index (κ1) is 18.7. The number of ether oxygens (including phenoxy) is 1. The molecule has 0 aliphatic carbocycles. The summed E-state index contributed by atoms with van der Waals surface area (Å²) in [6.45, 7) is 2.04. The molecule has 25 heavy (non-hydrogen) atoms. The Morgan fingerprint density at radius 3 is 2.48 bits per heavy atom. The van der Waals surface area contributed by atoms with Crippen molar-refractivity contribution >= 4 is 29.1 Å². The number of nitrogens with zero attached hydrogens (tertiary/aromatic N) is 1. The van der Waals surface area contributed by atoms with Crippen molar-refractivity contribution in [1.29, 1.82) is 0 Å². The maximum Gasteiger partial charge on any atom is 0.338 e. The highest BCUT2D eigenvalue weighted by atomic mass is 32.1. The zero-order valence-corrected chi connectivity index (χ0v) is 15.0. The summed E-state index contributed by atoms with van der Waals surface area (Å²) in [7, 11) is 1.67. The van der Waals surface area contributed by atoms with Crippen molar-refractivity contribution in [2.45, 2.75) is 20.0 Å². The second-order valence-corrected chi connectivity index (χ2v) is 6.54. The van der Waals surface area contributed by atoms with Gasteiger partial charge in [0.25, 0.3) is 5.91 Å². The molecule has 0 bridgehead atoms. The maximum absolute atomic E-state index is 12.0. The van der Waals surface area contributed by atoms with Gasteiger partial charge in [0, 0.05) is 25.4 Å². The Morgan fingerprint density at radius 2 is 1.88 bits per heavy atom. The van der Waals surface area contributed by atoms with Gasteiger partial charge in [0.15, 0.2) is 6.61 Å². The van der Waals surface area contributed by atoms with Crippen LogP contribution in [-0.2, 0) is 27.4 Å². The number of thiophene rings is 1. The molecule has 2 amide bonds. The lowest BCUT2D eigenvalue weighted by molar-refractivity contribution is -0.133. The highest BCUT2D eigenvalue weighted by molar-refractivity contribution is 7.09. The van der Waals surface area contributed by atoms with Gasteiger partial charge in [-0.3, -0.25) is 9.59 Å². The molecule has 0 atom stereocenters. The lowest BCUT2D eigenvalue weighted by atomic mass is 10.1. The van der Waals surface area contributed by atoms with Gasteiger partial charge in [0.2, 0.25) is 5.91 Å². The molecule has 0 spiro atoms. The first-order valence-electron chi connectivity index (χ1n) is 7.72. The van der Waals surface area contributed by atoms with Crippen molar-refractivity contribution < 1.29 is 19.1 Å². The third-order valence-corrected chi connectivity index (χ3v) is 4.32. The molecule has 132 valence electrons. The molecule has 1 aromatic heterocycles. The van der Waals surface area contributed by atoms with Gasteiger partial charge < -0.3 is 15.0 Å². The van der Waals surface area contributed by atoms with Gasteiger partial charge in [0.05, 0.1) is 12.1 Å². The quantitative estimate of drug-likeness (QED) is 0.768. The van der Waals surface area contributed by atoms with Crippen LogP contribution in [0.1, 0.15) is 27.7 Å². The summed E-state index contributed by atoms with van der Waals surface area (Å²) >= 11 is 1.57. The molecular formula is C18H20N2O4S. The van der Waals surface area contributed by atoms with E-state index in [4.69, 9.17) is 4.74 Å². The average molecular weight is 360 g/mol. The molecule has 1 N–H and O–H groups in total. The van der Waals surface area contributed by atoms with Crippen LogP contribution in [0.3, 0.4) is 0 Å². The minimum atomic E-state index is -0.552. The van der Waals surface area contributed by atoms with Crippen molar-refractivity contribution in [2.75, 3.05) is 13.7 Å². The average Bonchev–Trinajstić information content (AvgIpc) is 3.10. The lowest BCUT2D eigenvalue weighted by Crippen LogP contribution is -2.30. The van der Waals surface area contributed by atoms with E-state index < -0.39 is 5.97 Å². The van der Waals surface area contributed by atoms with Crippen LogP contribution in [0.4, 0.5) is 0 Å². The van der Waals surface area contributed by atoms with Crippen LogP contribution >= 0.6 is 11.3 Å².